The highest BCUT2D eigenvalue weighted by Gasteiger charge is 2.36. The van der Waals surface area contributed by atoms with Gasteiger partial charge in [-0.1, -0.05) is 17.7 Å². The normalized spacial score (nSPS) is 17.6. The standard InChI is InChI=1S/C15H20ClF3N2O.ClH/c16-11-3-4-12(13(10-11)15(17,18)19)14(2-1-9-22)21-7-5-20-6-8-21;/h3-4,10,14,20,22H,1-2,5-9H2;1H/t14-;/m0./s1. The van der Waals surface area contributed by atoms with E-state index in [-0.39, 0.29) is 35.6 Å². The maximum absolute atomic E-state index is 13.3. The molecule has 132 valence electrons. The Balaban J connectivity index is 0.00000264. The van der Waals surface area contributed by atoms with Crippen LogP contribution in [-0.4, -0.2) is 42.8 Å². The summed E-state index contributed by atoms with van der Waals surface area (Å²) in [4.78, 5) is 2.05. The van der Waals surface area contributed by atoms with E-state index in [0.29, 0.717) is 25.9 Å². The minimum Gasteiger partial charge on any atom is -0.396 e. The molecule has 1 saturated heterocycles. The molecule has 1 aromatic rings. The minimum absolute atomic E-state index is 0. The third-order valence-corrected chi connectivity index (χ3v) is 4.14. The van der Waals surface area contributed by atoms with Crippen LogP contribution in [0.4, 0.5) is 13.2 Å². The second-order valence-corrected chi connectivity index (χ2v) is 5.83. The lowest BCUT2D eigenvalue weighted by Gasteiger charge is -2.36. The number of alkyl halides is 3. The number of aliphatic hydroxyl groups is 1. The van der Waals surface area contributed by atoms with Gasteiger partial charge in [-0.3, -0.25) is 4.90 Å². The number of aliphatic hydroxyl groups excluding tert-OH is 1. The smallest absolute Gasteiger partial charge is 0.396 e. The minimum atomic E-state index is -4.44. The molecular weight excluding hydrogens is 352 g/mol. The average molecular weight is 373 g/mol. The van der Waals surface area contributed by atoms with E-state index in [9.17, 15) is 13.2 Å². The van der Waals surface area contributed by atoms with Gasteiger partial charge in [0.2, 0.25) is 0 Å². The Morgan fingerprint density at radius 1 is 1.26 bits per heavy atom. The van der Waals surface area contributed by atoms with Crippen LogP contribution in [0.25, 0.3) is 0 Å². The van der Waals surface area contributed by atoms with Crippen molar-refractivity contribution in [1.29, 1.82) is 0 Å². The van der Waals surface area contributed by atoms with E-state index in [4.69, 9.17) is 16.7 Å². The van der Waals surface area contributed by atoms with Crippen LogP contribution in [0.1, 0.15) is 30.0 Å². The Labute approximate surface area is 145 Å². The van der Waals surface area contributed by atoms with E-state index in [1.54, 1.807) is 0 Å². The van der Waals surface area contributed by atoms with E-state index in [1.165, 1.54) is 12.1 Å². The van der Waals surface area contributed by atoms with E-state index in [2.05, 4.69) is 5.32 Å². The summed E-state index contributed by atoms with van der Waals surface area (Å²) in [6.07, 6.45) is -3.48. The number of halogens is 5. The van der Waals surface area contributed by atoms with Crippen molar-refractivity contribution in [3.63, 3.8) is 0 Å². The molecule has 23 heavy (non-hydrogen) atoms. The van der Waals surface area contributed by atoms with E-state index in [0.717, 1.165) is 19.2 Å². The molecule has 0 bridgehead atoms. The van der Waals surface area contributed by atoms with Crippen LogP contribution in [0.5, 0.6) is 0 Å². The van der Waals surface area contributed by atoms with Gasteiger partial charge < -0.3 is 10.4 Å². The Morgan fingerprint density at radius 2 is 1.91 bits per heavy atom. The second kappa shape index (κ2) is 9.08. The van der Waals surface area contributed by atoms with Gasteiger partial charge in [-0.2, -0.15) is 13.2 Å². The average Bonchev–Trinajstić information content (AvgIpc) is 2.49. The van der Waals surface area contributed by atoms with Gasteiger partial charge in [-0.05, 0) is 30.5 Å². The van der Waals surface area contributed by atoms with Gasteiger partial charge in [-0.15, -0.1) is 12.4 Å². The number of nitrogens with one attached hydrogen (secondary N) is 1. The molecule has 8 heteroatoms. The lowest BCUT2D eigenvalue weighted by Crippen LogP contribution is -2.45. The van der Waals surface area contributed by atoms with Crippen molar-refractivity contribution < 1.29 is 18.3 Å². The molecule has 0 spiro atoms. The van der Waals surface area contributed by atoms with Gasteiger partial charge in [0.25, 0.3) is 0 Å². The zero-order valence-electron chi connectivity index (χ0n) is 12.6. The van der Waals surface area contributed by atoms with Crippen LogP contribution in [0.15, 0.2) is 18.2 Å². The van der Waals surface area contributed by atoms with Crippen LogP contribution in [-0.2, 0) is 6.18 Å². The fraction of sp³-hybridized carbons (Fsp3) is 0.600. The van der Waals surface area contributed by atoms with Crippen molar-refractivity contribution in [3.05, 3.63) is 34.3 Å². The largest absolute Gasteiger partial charge is 0.416 e. The SMILES string of the molecule is Cl.OCCC[C@@H](c1ccc(Cl)cc1C(F)(F)F)N1CCNCC1. The summed E-state index contributed by atoms with van der Waals surface area (Å²) in [6.45, 7) is 2.86. The Bertz CT molecular complexity index is 494. The number of hydrogen-bond acceptors (Lipinski definition) is 3. The van der Waals surface area contributed by atoms with Gasteiger partial charge in [0, 0.05) is 43.9 Å². The molecule has 0 aliphatic carbocycles. The van der Waals surface area contributed by atoms with Crippen LogP contribution in [0.2, 0.25) is 5.02 Å². The molecule has 0 amide bonds. The van der Waals surface area contributed by atoms with Crippen LogP contribution >= 0.6 is 24.0 Å². The van der Waals surface area contributed by atoms with Crippen LogP contribution < -0.4 is 5.32 Å². The number of benzene rings is 1. The van der Waals surface area contributed by atoms with Crippen molar-refractivity contribution in [2.24, 2.45) is 0 Å². The molecule has 0 radical (unpaired) electrons. The quantitative estimate of drug-likeness (QED) is 0.830. The zero-order valence-corrected chi connectivity index (χ0v) is 14.1. The predicted molar refractivity (Wildman–Crippen MR) is 87.2 cm³/mol. The van der Waals surface area contributed by atoms with E-state index < -0.39 is 11.7 Å². The first-order valence-electron chi connectivity index (χ1n) is 7.35. The molecule has 1 aliphatic rings. The molecule has 0 aromatic heterocycles. The highest BCUT2D eigenvalue weighted by molar-refractivity contribution is 6.30. The van der Waals surface area contributed by atoms with Gasteiger partial charge >= 0.3 is 6.18 Å². The number of nitrogens with zero attached hydrogens (tertiary/aromatic N) is 1. The number of hydrogen-bond donors (Lipinski definition) is 2. The van der Waals surface area contributed by atoms with Crippen LogP contribution in [0.3, 0.4) is 0 Å². The van der Waals surface area contributed by atoms with Gasteiger partial charge in [0.05, 0.1) is 5.56 Å². The first-order chi connectivity index (χ1) is 10.4. The number of rotatable bonds is 5. The highest BCUT2D eigenvalue weighted by Crippen LogP contribution is 2.39. The maximum Gasteiger partial charge on any atom is 0.416 e. The summed E-state index contributed by atoms with van der Waals surface area (Å²) in [5, 5.41) is 12.3. The molecule has 1 heterocycles. The molecule has 2 N–H and O–H groups in total. The maximum atomic E-state index is 13.3. The van der Waals surface area contributed by atoms with Gasteiger partial charge in [0.1, 0.15) is 0 Å². The van der Waals surface area contributed by atoms with Crippen molar-refractivity contribution in [3.8, 4) is 0 Å². The molecule has 1 aromatic carbocycles. The summed E-state index contributed by atoms with van der Waals surface area (Å²) in [5.41, 5.74) is -0.436. The van der Waals surface area contributed by atoms with Crippen molar-refractivity contribution in [2.75, 3.05) is 32.8 Å². The van der Waals surface area contributed by atoms with Crippen LogP contribution in [0, 0.1) is 0 Å². The topological polar surface area (TPSA) is 35.5 Å². The molecule has 0 saturated carbocycles. The summed E-state index contributed by atoms with van der Waals surface area (Å²) in [6, 6.07) is 3.60. The first kappa shape index (κ1) is 20.5. The Hall–Kier alpha value is -0.530. The van der Waals surface area contributed by atoms with Gasteiger partial charge in [-0.25, -0.2) is 0 Å². The first-order valence-corrected chi connectivity index (χ1v) is 7.73. The lowest BCUT2D eigenvalue weighted by atomic mass is 9.94. The monoisotopic (exact) mass is 372 g/mol. The van der Waals surface area contributed by atoms with E-state index >= 15 is 0 Å². The zero-order chi connectivity index (χ0) is 16.2. The lowest BCUT2D eigenvalue weighted by molar-refractivity contribution is -0.138. The Kier molecular flexibility index (Phi) is 8.10. The highest BCUT2D eigenvalue weighted by atomic mass is 35.5. The van der Waals surface area contributed by atoms with Crippen molar-refractivity contribution in [2.45, 2.75) is 25.1 Å². The summed E-state index contributed by atoms with van der Waals surface area (Å²) >= 11 is 5.75. The molecule has 1 aliphatic heterocycles. The summed E-state index contributed by atoms with van der Waals surface area (Å²) in [5.74, 6) is 0. The molecule has 1 atom stereocenters. The second-order valence-electron chi connectivity index (χ2n) is 5.40. The molecule has 0 unspecified atom stereocenters. The van der Waals surface area contributed by atoms with Gasteiger partial charge in [0.15, 0.2) is 0 Å². The van der Waals surface area contributed by atoms with Crippen molar-refractivity contribution >= 4 is 24.0 Å². The third kappa shape index (κ3) is 5.50. The summed E-state index contributed by atoms with van der Waals surface area (Å²) < 4.78 is 40.0. The Morgan fingerprint density at radius 3 is 2.48 bits per heavy atom. The summed E-state index contributed by atoms with van der Waals surface area (Å²) in [7, 11) is 0. The molecular formula is C15H21Cl2F3N2O. The molecule has 2 rings (SSSR count). The molecule has 3 nitrogen and oxygen atoms in total. The fourth-order valence-corrected chi connectivity index (χ4v) is 3.05. The fourth-order valence-electron chi connectivity index (χ4n) is 2.88. The predicted octanol–water partition coefficient (Wildman–Crippen LogP) is 3.50. The molecule has 1 fully saturated rings. The third-order valence-electron chi connectivity index (χ3n) is 3.91. The van der Waals surface area contributed by atoms with E-state index in [1.807, 2.05) is 4.90 Å². The van der Waals surface area contributed by atoms with Crippen molar-refractivity contribution in [1.82, 2.24) is 10.2 Å². The number of piperazine rings is 1.